The van der Waals surface area contributed by atoms with Crippen molar-refractivity contribution in [3.63, 3.8) is 0 Å². The number of nitrogens with zero attached hydrogens (tertiary/aromatic N) is 2. The van der Waals surface area contributed by atoms with Crippen LogP contribution in [0.1, 0.15) is 12.0 Å². The molecule has 0 aliphatic heterocycles. The van der Waals surface area contributed by atoms with Crippen LogP contribution in [0.3, 0.4) is 0 Å². The molecule has 0 amide bonds. The van der Waals surface area contributed by atoms with Gasteiger partial charge in [-0.15, -0.1) is 12.4 Å². The third kappa shape index (κ3) is 5.29. The van der Waals surface area contributed by atoms with E-state index in [9.17, 15) is 12.8 Å². The first-order chi connectivity index (χ1) is 17.4. The van der Waals surface area contributed by atoms with Crippen LogP contribution in [0.25, 0.3) is 21.7 Å². The van der Waals surface area contributed by atoms with E-state index in [1.54, 1.807) is 36.4 Å². The second-order valence-corrected chi connectivity index (χ2v) is 10.6. The van der Waals surface area contributed by atoms with E-state index >= 15 is 0 Å². The normalized spacial score (nSPS) is 11.5. The summed E-state index contributed by atoms with van der Waals surface area (Å²) in [6.07, 6.45) is 0.557. The van der Waals surface area contributed by atoms with Crippen LogP contribution in [0.5, 0.6) is 5.75 Å². The summed E-state index contributed by atoms with van der Waals surface area (Å²) in [5, 5.41) is 6.30. The van der Waals surface area contributed by atoms with E-state index in [2.05, 4.69) is 5.10 Å². The molecule has 0 atom stereocenters. The molecule has 2 N–H and O–H groups in total. The fourth-order valence-corrected chi connectivity index (χ4v) is 6.05. The van der Waals surface area contributed by atoms with E-state index in [1.165, 1.54) is 22.9 Å². The zero-order valence-corrected chi connectivity index (χ0v) is 22.0. The molecule has 0 unspecified atom stereocenters. The van der Waals surface area contributed by atoms with Crippen molar-refractivity contribution >= 4 is 55.5 Å². The first-order valence-electron chi connectivity index (χ1n) is 11.4. The Morgan fingerprint density at radius 1 is 0.973 bits per heavy atom. The topological polar surface area (TPSA) is 87.2 Å². The van der Waals surface area contributed by atoms with Crippen molar-refractivity contribution in [2.24, 2.45) is 5.73 Å². The van der Waals surface area contributed by atoms with Crippen molar-refractivity contribution in [1.82, 2.24) is 9.78 Å². The molecule has 0 saturated heterocycles. The van der Waals surface area contributed by atoms with E-state index in [4.69, 9.17) is 22.1 Å². The Balaban J connectivity index is 0.00000320. The number of ether oxygens (including phenoxy) is 1. The molecular weight excluding hydrogens is 536 g/mol. The Morgan fingerprint density at radius 3 is 2.51 bits per heavy atom. The van der Waals surface area contributed by atoms with Crippen LogP contribution >= 0.6 is 24.0 Å². The van der Waals surface area contributed by atoms with Crippen molar-refractivity contribution in [3.05, 3.63) is 95.3 Å². The molecule has 0 aliphatic carbocycles. The van der Waals surface area contributed by atoms with E-state index in [1.807, 2.05) is 24.3 Å². The standard InChI is InChI=1S/C27H23ClFN3O3S.ClH/c28-20-9-3-6-18(14-20)17-32-26-23(15-21(29)16-24(26)35-13-5-12-30)27(31-32)36(33,34)25-11-4-8-19-7-1-2-10-22(19)25;/h1-4,6-11,14-16H,5,12-13,17,30H2;1H. The molecule has 0 aliphatic rings. The highest BCUT2D eigenvalue weighted by molar-refractivity contribution is 7.91. The molecule has 192 valence electrons. The average molecular weight is 560 g/mol. The maximum atomic E-state index is 14.8. The lowest BCUT2D eigenvalue weighted by Gasteiger charge is -2.10. The fourth-order valence-electron chi connectivity index (χ4n) is 4.25. The maximum absolute atomic E-state index is 14.8. The molecule has 6 nitrogen and oxygen atoms in total. The number of sulfone groups is 1. The third-order valence-corrected chi connectivity index (χ3v) is 7.84. The number of rotatable bonds is 8. The number of halogens is 3. The van der Waals surface area contributed by atoms with Crippen molar-refractivity contribution in [2.45, 2.75) is 22.9 Å². The Bertz CT molecular complexity index is 1680. The Kier molecular flexibility index (Phi) is 8.04. The SMILES string of the molecule is Cl.NCCCOc1cc(F)cc2c(S(=O)(=O)c3cccc4ccccc34)nn(Cc3cccc(Cl)c3)c12. The van der Waals surface area contributed by atoms with Crippen molar-refractivity contribution in [3.8, 4) is 5.75 Å². The summed E-state index contributed by atoms with van der Waals surface area (Å²) in [4.78, 5) is 0.102. The van der Waals surface area contributed by atoms with E-state index in [-0.39, 0.29) is 46.6 Å². The molecule has 37 heavy (non-hydrogen) atoms. The molecule has 0 spiro atoms. The van der Waals surface area contributed by atoms with Crippen LogP contribution in [-0.2, 0) is 16.4 Å². The van der Waals surface area contributed by atoms with Crippen LogP contribution in [-0.4, -0.2) is 31.3 Å². The van der Waals surface area contributed by atoms with Gasteiger partial charge in [0.25, 0.3) is 0 Å². The Labute approximate surface area is 225 Å². The second kappa shape index (κ2) is 11.1. The summed E-state index contributed by atoms with van der Waals surface area (Å²) in [6.45, 7) is 0.866. The van der Waals surface area contributed by atoms with Crippen LogP contribution in [0, 0.1) is 5.82 Å². The van der Waals surface area contributed by atoms with E-state index in [0.29, 0.717) is 28.9 Å². The molecule has 4 aromatic carbocycles. The molecule has 10 heteroatoms. The summed E-state index contributed by atoms with van der Waals surface area (Å²) in [6, 6.07) is 21.9. The van der Waals surface area contributed by atoms with Crippen LogP contribution < -0.4 is 10.5 Å². The number of benzene rings is 4. The van der Waals surface area contributed by atoms with E-state index in [0.717, 1.165) is 10.9 Å². The predicted octanol–water partition coefficient (Wildman–Crippen LogP) is 6.01. The van der Waals surface area contributed by atoms with Gasteiger partial charge < -0.3 is 10.5 Å². The van der Waals surface area contributed by atoms with Gasteiger partial charge in [-0.25, -0.2) is 12.8 Å². The average Bonchev–Trinajstić information content (AvgIpc) is 3.22. The summed E-state index contributed by atoms with van der Waals surface area (Å²) in [5.41, 5.74) is 6.77. The van der Waals surface area contributed by atoms with Gasteiger partial charge in [0.1, 0.15) is 17.1 Å². The van der Waals surface area contributed by atoms with Gasteiger partial charge in [0.2, 0.25) is 9.84 Å². The van der Waals surface area contributed by atoms with Gasteiger partial charge >= 0.3 is 0 Å². The quantitative estimate of drug-likeness (QED) is 0.235. The first kappa shape index (κ1) is 26.9. The molecule has 1 aromatic heterocycles. The third-order valence-electron chi connectivity index (χ3n) is 5.86. The zero-order chi connectivity index (χ0) is 25.3. The van der Waals surface area contributed by atoms with Gasteiger partial charge in [-0.1, -0.05) is 60.1 Å². The van der Waals surface area contributed by atoms with E-state index < -0.39 is 15.7 Å². The Hall–Kier alpha value is -3.17. The molecule has 5 rings (SSSR count). The predicted molar refractivity (Wildman–Crippen MR) is 146 cm³/mol. The lowest BCUT2D eigenvalue weighted by Crippen LogP contribution is -2.08. The zero-order valence-electron chi connectivity index (χ0n) is 19.6. The highest BCUT2D eigenvalue weighted by Gasteiger charge is 2.29. The fraction of sp³-hybridized carbons (Fsp3) is 0.148. The van der Waals surface area contributed by atoms with Gasteiger partial charge in [-0.05, 0) is 48.2 Å². The first-order valence-corrected chi connectivity index (χ1v) is 13.2. The monoisotopic (exact) mass is 559 g/mol. The van der Waals surface area contributed by atoms with Gasteiger partial charge in [-0.2, -0.15) is 5.10 Å². The van der Waals surface area contributed by atoms with Gasteiger partial charge in [0.05, 0.1) is 18.0 Å². The van der Waals surface area contributed by atoms with Crippen LogP contribution in [0.2, 0.25) is 5.02 Å². The smallest absolute Gasteiger partial charge is 0.226 e. The van der Waals surface area contributed by atoms with Crippen molar-refractivity contribution in [2.75, 3.05) is 13.2 Å². The lowest BCUT2D eigenvalue weighted by molar-refractivity contribution is 0.314. The molecule has 0 radical (unpaired) electrons. The van der Waals surface area contributed by atoms with Gasteiger partial charge in [0.15, 0.2) is 5.03 Å². The maximum Gasteiger partial charge on any atom is 0.226 e. The highest BCUT2D eigenvalue weighted by atomic mass is 35.5. The van der Waals surface area contributed by atoms with Crippen LogP contribution in [0.15, 0.2) is 88.8 Å². The molecular formula is C27H24Cl2FN3O3S. The molecule has 0 fully saturated rings. The number of nitrogens with two attached hydrogens (primary N) is 1. The lowest BCUT2D eigenvalue weighted by atomic mass is 10.1. The largest absolute Gasteiger partial charge is 0.491 e. The van der Waals surface area contributed by atoms with Crippen LogP contribution in [0.4, 0.5) is 4.39 Å². The molecule has 0 saturated carbocycles. The molecule has 0 bridgehead atoms. The summed E-state index contributed by atoms with van der Waals surface area (Å²) in [5.74, 6) is -0.422. The summed E-state index contributed by atoms with van der Waals surface area (Å²) in [7, 11) is -4.13. The Morgan fingerprint density at radius 2 is 1.73 bits per heavy atom. The second-order valence-electron chi connectivity index (χ2n) is 8.36. The molecule has 1 heterocycles. The number of hydrogen-bond donors (Lipinski definition) is 1. The summed E-state index contributed by atoms with van der Waals surface area (Å²) < 4.78 is 50.1. The van der Waals surface area contributed by atoms with Gasteiger partial charge in [-0.3, -0.25) is 4.68 Å². The number of hydrogen-bond acceptors (Lipinski definition) is 5. The molecule has 5 aromatic rings. The number of aromatic nitrogens is 2. The minimum atomic E-state index is -4.13. The minimum Gasteiger partial charge on any atom is -0.491 e. The van der Waals surface area contributed by atoms with Crippen molar-refractivity contribution < 1.29 is 17.5 Å². The number of fused-ring (bicyclic) bond motifs is 2. The summed E-state index contributed by atoms with van der Waals surface area (Å²) >= 11 is 6.17. The van der Waals surface area contributed by atoms with Crippen molar-refractivity contribution in [1.29, 1.82) is 0 Å². The highest BCUT2D eigenvalue weighted by Crippen LogP contribution is 2.36. The van der Waals surface area contributed by atoms with Gasteiger partial charge in [0, 0.05) is 21.9 Å². The minimum absolute atomic E-state index is 0.